The predicted molar refractivity (Wildman–Crippen MR) is 128 cm³/mol. The fourth-order valence-electron chi connectivity index (χ4n) is 3.40. The van der Waals surface area contributed by atoms with Crippen molar-refractivity contribution in [3.8, 4) is 22.8 Å². The second kappa shape index (κ2) is 8.24. The number of fused-ring (bicyclic) bond motifs is 2. The molecule has 0 fully saturated rings. The zero-order chi connectivity index (χ0) is 22.1. The van der Waals surface area contributed by atoms with Crippen LogP contribution < -0.4 is 10.1 Å². The van der Waals surface area contributed by atoms with Crippen molar-refractivity contribution >= 4 is 49.6 Å². The van der Waals surface area contributed by atoms with Crippen LogP contribution in [0.1, 0.15) is 0 Å². The average molecular weight is 486 g/mol. The lowest BCUT2D eigenvalue weighted by Crippen LogP contribution is -2.07. The molecule has 0 aliphatic carbocycles. The molecule has 0 aliphatic rings. The van der Waals surface area contributed by atoms with Gasteiger partial charge in [0.1, 0.15) is 11.3 Å². The summed E-state index contributed by atoms with van der Waals surface area (Å²) in [7, 11) is 0. The van der Waals surface area contributed by atoms with Crippen LogP contribution in [0.5, 0.6) is 11.6 Å². The van der Waals surface area contributed by atoms with Crippen LogP contribution in [0.2, 0.25) is 0 Å². The summed E-state index contributed by atoms with van der Waals surface area (Å²) in [6.45, 7) is 3.46. The first-order chi connectivity index (χ1) is 15.6. The third kappa shape index (κ3) is 3.83. The van der Waals surface area contributed by atoms with E-state index in [0.717, 1.165) is 26.5 Å². The molecule has 156 valence electrons. The van der Waals surface area contributed by atoms with Gasteiger partial charge in [-0.3, -0.25) is 9.78 Å². The highest BCUT2D eigenvalue weighted by Gasteiger charge is 2.13. The second-order valence-corrected chi connectivity index (χ2v) is 7.82. The number of H-pyrrole nitrogens is 1. The van der Waals surface area contributed by atoms with Gasteiger partial charge in [-0.05, 0) is 57.9 Å². The van der Waals surface area contributed by atoms with Crippen molar-refractivity contribution in [3.63, 3.8) is 0 Å². The van der Waals surface area contributed by atoms with Crippen LogP contribution in [-0.4, -0.2) is 25.8 Å². The highest BCUT2D eigenvalue weighted by Crippen LogP contribution is 2.34. The third-order valence-electron chi connectivity index (χ3n) is 4.84. The van der Waals surface area contributed by atoms with E-state index < -0.39 is 0 Å². The second-order valence-electron chi connectivity index (χ2n) is 6.96. The number of hydrogen-bond donors (Lipinski definition) is 2. The van der Waals surface area contributed by atoms with E-state index in [4.69, 9.17) is 4.74 Å². The number of aromatic nitrogens is 4. The Morgan fingerprint density at radius 1 is 1.12 bits per heavy atom. The molecular formula is C24H16BrN5O2. The lowest BCUT2D eigenvalue weighted by atomic mass is 10.1. The topological polar surface area (TPSA) is 92.8 Å². The van der Waals surface area contributed by atoms with E-state index >= 15 is 0 Å². The zero-order valence-electron chi connectivity index (χ0n) is 16.7. The van der Waals surface area contributed by atoms with Gasteiger partial charge >= 0.3 is 0 Å². The predicted octanol–water partition coefficient (Wildman–Crippen LogP) is 5.85. The molecule has 0 saturated heterocycles. The van der Waals surface area contributed by atoms with Crippen LogP contribution >= 0.6 is 15.9 Å². The van der Waals surface area contributed by atoms with Crippen molar-refractivity contribution in [1.29, 1.82) is 0 Å². The van der Waals surface area contributed by atoms with Crippen LogP contribution in [-0.2, 0) is 4.79 Å². The number of amides is 1. The van der Waals surface area contributed by atoms with E-state index in [2.05, 4.69) is 53.8 Å². The number of nitrogens with one attached hydrogen (secondary N) is 2. The van der Waals surface area contributed by atoms with Gasteiger partial charge in [0.05, 0.1) is 11.7 Å². The van der Waals surface area contributed by atoms with E-state index in [-0.39, 0.29) is 5.91 Å². The molecule has 5 aromatic rings. The number of carbonyl (C=O) groups excluding carboxylic acids is 1. The first-order valence-corrected chi connectivity index (χ1v) is 10.5. The number of pyridine rings is 1. The van der Waals surface area contributed by atoms with Crippen molar-refractivity contribution in [2.45, 2.75) is 0 Å². The summed E-state index contributed by atoms with van der Waals surface area (Å²) < 4.78 is 6.81. The third-order valence-corrected chi connectivity index (χ3v) is 5.44. The van der Waals surface area contributed by atoms with Crippen LogP contribution in [0, 0.1) is 0 Å². The molecule has 3 aromatic heterocycles. The molecule has 2 aromatic carbocycles. The normalized spacial score (nSPS) is 10.9. The summed E-state index contributed by atoms with van der Waals surface area (Å²) in [5, 5.41) is 3.72. The molecule has 2 N–H and O–H groups in total. The number of ether oxygens (including phenoxy) is 1. The standard InChI is InChI=1S/C24H16BrN5O2/c1-2-20(31)29-16-6-3-7-17(11-16)32-21-13-28-24-23(30-21)18(12-27-24)15-9-14-5-4-8-26-22(14)19(25)10-15/h2-13H,1H2,(H,27,28)(H,29,31). The Morgan fingerprint density at radius 3 is 2.91 bits per heavy atom. The van der Waals surface area contributed by atoms with Crippen LogP contribution in [0.25, 0.3) is 33.2 Å². The Bertz CT molecular complexity index is 1490. The van der Waals surface area contributed by atoms with E-state index in [1.807, 2.05) is 24.4 Å². The Hall–Kier alpha value is -4.04. The number of benzene rings is 2. The molecule has 0 bridgehead atoms. The minimum Gasteiger partial charge on any atom is -0.437 e. The summed E-state index contributed by atoms with van der Waals surface area (Å²) in [5.74, 6) is 0.571. The molecule has 5 rings (SSSR count). The van der Waals surface area contributed by atoms with Crippen molar-refractivity contribution in [2.75, 3.05) is 5.32 Å². The highest BCUT2D eigenvalue weighted by atomic mass is 79.9. The Morgan fingerprint density at radius 2 is 2.03 bits per heavy atom. The van der Waals surface area contributed by atoms with Crippen LogP contribution in [0.15, 0.2) is 84.2 Å². The zero-order valence-corrected chi connectivity index (χ0v) is 18.3. The maximum atomic E-state index is 11.5. The monoisotopic (exact) mass is 485 g/mol. The molecular weight excluding hydrogens is 470 g/mol. The number of aromatic amines is 1. The number of carbonyl (C=O) groups is 1. The van der Waals surface area contributed by atoms with Gasteiger partial charge in [0.15, 0.2) is 5.65 Å². The number of rotatable bonds is 5. The lowest BCUT2D eigenvalue weighted by Gasteiger charge is -2.08. The first-order valence-electron chi connectivity index (χ1n) is 9.71. The lowest BCUT2D eigenvalue weighted by molar-refractivity contribution is -0.111. The maximum Gasteiger partial charge on any atom is 0.247 e. The molecule has 7 nitrogen and oxygen atoms in total. The summed E-state index contributed by atoms with van der Waals surface area (Å²) in [6, 6.07) is 15.0. The fraction of sp³-hybridized carbons (Fsp3) is 0. The number of anilines is 1. The maximum absolute atomic E-state index is 11.5. The largest absolute Gasteiger partial charge is 0.437 e. The highest BCUT2D eigenvalue weighted by molar-refractivity contribution is 9.10. The van der Waals surface area contributed by atoms with Gasteiger partial charge in [-0.25, -0.2) is 9.97 Å². The Kier molecular flexibility index (Phi) is 5.12. The molecule has 8 heteroatoms. The molecule has 0 radical (unpaired) electrons. The molecule has 0 spiro atoms. The number of nitrogens with zero attached hydrogens (tertiary/aromatic N) is 3. The van der Waals surface area contributed by atoms with E-state index in [1.54, 1.807) is 36.7 Å². The summed E-state index contributed by atoms with van der Waals surface area (Å²) in [4.78, 5) is 28.2. The summed E-state index contributed by atoms with van der Waals surface area (Å²) in [5.41, 5.74) is 4.71. The fourth-order valence-corrected chi connectivity index (χ4v) is 3.98. The first kappa shape index (κ1) is 19.9. The average Bonchev–Trinajstić information content (AvgIpc) is 3.22. The molecule has 0 atom stereocenters. The minimum atomic E-state index is -0.294. The van der Waals surface area contributed by atoms with E-state index in [1.165, 1.54) is 6.08 Å². The van der Waals surface area contributed by atoms with Crippen molar-refractivity contribution < 1.29 is 9.53 Å². The quantitative estimate of drug-likeness (QED) is 0.304. The summed E-state index contributed by atoms with van der Waals surface area (Å²) >= 11 is 3.62. The van der Waals surface area contributed by atoms with E-state index in [9.17, 15) is 4.79 Å². The number of hydrogen-bond acceptors (Lipinski definition) is 5. The van der Waals surface area contributed by atoms with Gasteiger partial charge in [-0.15, -0.1) is 0 Å². The number of halogens is 1. The van der Waals surface area contributed by atoms with Gasteiger partial charge < -0.3 is 15.0 Å². The van der Waals surface area contributed by atoms with Gasteiger partial charge in [0, 0.05) is 39.6 Å². The van der Waals surface area contributed by atoms with Gasteiger partial charge in [0.2, 0.25) is 11.8 Å². The minimum absolute atomic E-state index is 0.294. The molecule has 0 aliphatic heterocycles. The molecule has 3 heterocycles. The Balaban J connectivity index is 1.51. The van der Waals surface area contributed by atoms with Gasteiger partial charge in [-0.2, -0.15) is 0 Å². The van der Waals surface area contributed by atoms with Gasteiger partial charge in [-0.1, -0.05) is 18.7 Å². The molecule has 32 heavy (non-hydrogen) atoms. The van der Waals surface area contributed by atoms with Crippen molar-refractivity contribution in [1.82, 2.24) is 19.9 Å². The molecule has 0 saturated carbocycles. The van der Waals surface area contributed by atoms with Crippen LogP contribution in [0.3, 0.4) is 0 Å². The van der Waals surface area contributed by atoms with E-state index in [0.29, 0.717) is 28.5 Å². The summed E-state index contributed by atoms with van der Waals surface area (Å²) in [6.07, 6.45) is 6.41. The van der Waals surface area contributed by atoms with Crippen LogP contribution in [0.4, 0.5) is 5.69 Å². The SMILES string of the molecule is C=CC(=O)Nc1cccc(Oc2cnc3[nH]cc(-c4cc(Br)c5ncccc5c4)c3n2)c1. The van der Waals surface area contributed by atoms with Crippen molar-refractivity contribution in [2.24, 2.45) is 0 Å². The smallest absolute Gasteiger partial charge is 0.247 e. The van der Waals surface area contributed by atoms with Crippen molar-refractivity contribution in [3.05, 3.63) is 84.2 Å². The van der Waals surface area contributed by atoms with Gasteiger partial charge in [0.25, 0.3) is 0 Å². The molecule has 1 amide bonds. The Labute approximate surface area is 191 Å². The molecule has 0 unspecified atom stereocenters.